The van der Waals surface area contributed by atoms with E-state index in [1.54, 1.807) is 18.2 Å². The summed E-state index contributed by atoms with van der Waals surface area (Å²) in [4.78, 5) is 59.7. The Morgan fingerprint density at radius 1 is 0.707 bits per heavy atom. The van der Waals surface area contributed by atoms with E-state index in [2.05, 4.69) is 68.5 Å². The fraction of sp³-hybridized carbons (Fsp3) is 0.362. The van der Waals surface area contributed by atoms with E-state index in [4.69, 9.17) is 11.6 Å². The minimum absolute atomic E-state index is 0.102. The average Bonchev–Trinajstić information content (AvgIpc) is 3.50. The average molecular weight is 798 g/mol. The molecule has 2 N–H and O–H groups in total. The molecule has 2 bridgehead atoms. The SMILES string of the molecule is O=C1CCC(N2C(=O)c3ccc(N4CC5CCC4CN5CC4CCN(c5ccc(C(=C(CCCl)c6ccccc6)c6ccc(O)cc6)cc5)CC4)cc3C2=O)C(=O)N1. The second kappa shape index (κ2) is 16.1. The zero-order chi connectivity index (χ0) is 39.9. The van der Waals surface area contributed by atoms with Gasteiger partial charge < -0.3 is 14.9 Å². The molecular formula is C47H48ClN5O5. The number of rotatable bonds is 10. The number of phenolic OH excluding ortho intramolecular Hbond substituents is 1. The summed E-state index contributed by atoms with van der Waals surface area (Å²) in [6.45, 7) is 4.97. The van der Waals surface area contributed by atoms with Crippen LogP contribution < -0.4 is 15.1 Å². The molecule has 298 valence electrons. The number of nitrogens with zero attached hydrogens (tertiary/aromatic N) is 4. The number of carbonyl (C=O) groups excluding carboxylic acids is 4. The van der Waals surface area contributed by atoms with Gasteiger partial charge in [-0.2, -0.15) is 0 Å². The molecule has 10 rings (SSSR count). The number of halogens is 1. The van der Waals surface area contributed by atoms with Gasteiger partial charge >= 0.3 is 0 Å². The number of imide groups is 2. The molecule has 58 heavy (non-hydrogen) atoms. The van der Waals surface area contributed by atoms with Gasteiger partial charge in [0.05, 0.1) is 11.1 Å². The molecule has 3 atom stereocenters. The molecule has 0 aliphatic carbocycles. The highest BCUT2D eigenvalue weighted by Gasteiger charge is 2.46. The summed E-state index contributed by atoms with van der Waals surface area (Å²) >= 11 is 6.37. The van der Waals surface area contributed by atoms with Crippen molar-refractivity contribution in [3.05, 3.63) is 125 Å². The van der Waals surface area contributed by atoms with Crippen LogP contribution in [0.25, 0.3) is 11.1 Å². The third kappa shape index (κ3) is 7.28. The first kappa shape index (κ1) is 38.1. The predicted octanol–water partition coefficient (Wildman–Crippen LogP) is 6.95. The topological polar surface area (TPSA) is 114 Å². The Bertz CT molecular complexity index is 2250. The summed E-state index contributed by atoms with van der Waals surface area (Å²) in [5.41, 5.74) is 8.45. The van der Waals surface area contributed by atoms with Crippen molar-refractivity contribution < 1.29 is 24.3 Å². The van der Waals surface area contributed by atoms with Gasteiger partial charge in [0, 0.05) is 68.5 Å². The van der Waals surface area contributed by atoms with Crippen LogP contribution in [0.15, 0.2) is 97.1 Å². The van der Waals surface area contributed by atoms with E-state index in [1.165, 1.54) is 11.3 Å². The molecule has 5 fully saturated rings. The van der Waals surface area contributed by atoms with Crippen molar-refractivity contribution in [1.29, 1.82) is 0 Å². The predicted molar refractivity (Wildman–Crippen MR) is 226 cm³/mol. The van der Waals surface area contributed by atoms with E-state index < -0.39 is 23.8 Å². The van der Waals surface area contributed by atoms with Crippen LogP contribution in [0.4, 0.5) is 11.4 Å². The Balaban J connectivity index is 0.833. The summed E-state index contributed by atoms with van der Waals surface area (Å²) < 4.78 is 0. The lowest BCUT2D eigenvalue weighted by Crippen LogP contribution is -2.63. The maximum atomic E-state index is 13.5. The summed E-state index contributed by atoms with van der Waals surface area (Å²) in [6.07, 6.45) is 5.48. The molecule has 6 aliphatic rings. The van der Waals surface area contributed by atoms with Gasteiger partial charge in [-0.3, -0.25) is 34.3 Å². The Hall–Kier alpha value is -5.45. The van der Waals surface area contributed by atoms with Gasteiger partial charge in [-0.05, 0) is 115 Å². The minimum Gasteiger partial charge on any atom is -0.508 e. The molecule has 3 unspecified atom stereocenters. The normalized spacial score (nSPS) is 23.0. The van der Waals surface area contributed by atoms with Gasteiger partial charge in [-0.1, -0.05) is 54.6 Å². The lowest BCUT2D eigenvalue weighted by Gasteiger charge is -2.53. The highest BCUT2D eigenvalue weighted by molar-refractivity contribution is 6.23. The van der Waals surface area contributed by atoms with E-state index in [-0.39, 0.29) is 24.5 Å². The van der Waals surface area contributed by atoms with Gasteiger partial charge in [-0.15, -0.1) is 11.6 Å². The third-order valence-electron chi connectivity index (χ3n) is 13.0. The quantitative estimate of drug-likeness (QED) is 0.101. The standard InChI is InChI=1S/C47H48ClN5O5/c48-23-20-39(31-4-2-1-3-5-31)44(33-8-15-38(54)16-9-33)32-6-10-34(11-7-32)50-24-21-30(22-25-50)27-51-28-37-13-12-36(51)29-52(37)35-14-17-40-41(26-35)47(58)53(46(40)57)42-18-19-43(55)49-45(42)56/h1-11,14-17,26,30,36-37,42,54H,12-13,18-25,27-29H2,(H,49,55,56). The number of carbonyl (C=O) groups is 4. The van der Waals surface area contributed by atoms with Gasteiger partial charge in [-0.25, -0.2) is 0 Å². The van der Waals surface area contributed by atoms with E-state index in [1.807, 2.05) is 30.3 Å². The Morgan fingerprint density at radius 2 is 1.38 bits per heavy atom. The molecule has 0 radical (unpaired) electrons. The molecule has 6 aliphatic heterocycles. The van der Waals surface area contributed by atoms with Crippen LogP contribution in [-0.4, -0.2) is 95.3 Å². The monoisotopic (exact) mass is 797 g/mol. The maximum Gasteiger partial charge on any atom is 0.262 e. The smallest absolute Gasteiger partial charge is 0.262 e. The Labute approximate surface area is 344 Å². The van der Waals surface area contributed by atoms with Crippen molar-refractivity contribution in [3.63, 3.8) is 0 Å². The van der Waals surface area contributed by atoms with E-state index in [0.29, 0.717) is 35.0 Å². The lowest BCUT2D eigenvalue weighted by atomic mass is 9.87. The molecule has 0 saturated carbocycles. The number of piperidine rings is 4. The fourth-order valence-electron chi connectivity index (χ4n) is 9.93. The Morgan fingerprint density at radius 3 is 2.05 bits per heavy atom. The molecule has 4 amide bonds. The number of piperazine rings is 1. The molecule has 4 aromatic rings. The van der Waals surface area contributed by atoms with Crippen LogP contribution in [0.5, 0.6) is 5.75 Å². The first-order valence-corrected chi connectivity index (χ1v) is 21.1. The summed E-state index contributed by atoms with van der Waals surface area (Å²) in [6, 6.07) is 32.1. The van der Waals surface area contributed by atoms with Crippen LogP contribution in [0.2, 0.25) is 0 Å². The zero-order valence-electron chi connectivity index (χ0n) is 32.5. The molecule has 10 nitrogen and oxygen atoms in total. The minimum atomic E-state index is -0.964. The van der Waals surface area contributed by atoms with Crippen LogP contribution in [0.3, 0.4) is 0 Å². The molecule has 0 spiro atoms. The van der Waals surface area contributed by atoms with Crippen LogP contribution in [0, 0.1) is 5.92 Å². The Kier molecular flexibility index (Phi) is 10.6. The fourth-order valence-corrected chi connectivity index (χ4v) is 10.1. The van der Waals surface area contributed by atoms with E-state index in [9.17, 15) is 24.3 Å². The number of hydrogen-bond donors (Lipinski definition) is 2. The van der Waals surface area contributed by atoms with E-state index >= 15 is 0 Å². The number of nitrogens with one attached hydrogen (secondary N) is 1. The van der Waals surface area contributed by atoms with E-state index in [0.717, 1.165) is 97.7 Å². The van der Waals surface area contributed by atoms with Gasteiger partial charge in [0.1, 0.15) is 11.8 Å². The van der Waals surface area contributed by atoms with Crippen molar-refractivity contribution >= 4 is 57.8 Å². The number of amides is 4. The lowest BCUT2D eigenvalue weighted by molar-refractivity contribution is -0.136. The summed E-state index contributed by atoms with van der Waals surface area (Å²) in [5, 5.41) is 12.3. The highest BCUT2D eigenvalue weighted by Crippen LogP contribution is 2.39. The third-order valence-corrected chi connectivity index (χ3v) is 13.1. The van der Waals surface area contributed by atoms with Crippen molar-refractivity contribution in [1.82, 2.24) is 15.1 Å². The zero-order valence-corrected chi connectivity index (χ0v) is 33.2. The number of alkyl halides is 1. The number of phenols is 1. The second-order valence-corrected chi connectivity index (χ2v) is 16.7. The number of aromatic hydroxyl groups is 1. The number of anilines is 2. The molecular weight excluding hydrogens is 750 g/mol. The molecule has 11 heteroatoms. The van der Waals surface area contributed by atoms with Gasteiger partial charge in [0.2, 0.25) is 11.8 Å². The van der Waals surface area contributed by atoms with Crippen LogP contribution in [0.1, 0.15) is 82.4 Å². The van der Waals surface area contributed by atoms with Crippen LogP contribution in [-0.2, 0) is 9.59 Å². The van der Waals surface area contributed by atoms with Gasteiger partial charge in [0.25, 0.3) is 11.8 Å². The maximum absolute atomic E-state index is 13.5. The van der Waals surface area contributed by atoms with Crippen molar-refractivity contribution in [3.8, 4) is 5.75 Å². The van der Waals surface area contributed by atoms with Crippen molar-refractivity contribution in [2.24, 2.45) is 5.92 Å². The number of hydrogen-bond acceptors (Lipinski definition) is 8. The highest BCUT2D eigenvalue weighted by atomic mass is 35.5. The second-order valence-electron chi connectivity index (χ2n) is 16.4. The van der Waals surface area contributed by atoms with Crippen molar-refractivity contribution in [2.45, 2.75) is 63.1 Å². The number of benzene rings is 4. The molecule has 4 aromatic carbocycles. The summed E-state index contributed by atoms with van der Waals surface area (Å²) in [5.74, 6) is -0.533. The molecule has 6 heterocycles. The first-order chi connectivity index (χ1) is 28.2. The van der Waals surface area contributed by atoms with Crippen LogP contribution >= 0.6 is 11.6 Å². The summed E-state index contributed by atoms with van der Waals surface area (Å²) in [7, 11) is 0. The first-order valence-electron chi connectivity index (χ1n) is 20.6. The molecule has 5 saturated heterocycles. The van der Waals surface area contributed by atoms with Gasteiger partial charge in [0.15, 0.2) is 0 Å². The largest absolute Gasteiger partial charge is 0.508 e. The number of fused-ring (bicyclic) bond motifs is 4. The van der Waals surface area contributed by atoms with Crippen molar-refractivity contribution in [2.75, 3.05) is 48.4 Å². The number of allylic oxidation sites excluding steroid dienone is 1. The molecule has 0 aromatic heterocycles.